The minimum absolute atomic E-state index is 0.282. The standard InChI is InChI=1S/C13H17N3OS2/c1-16(2)6-8-7-18-12(14-8)13-15-10-4-3-9(17)5-11(10)19-13/h3-5,8,12,14,17H,6-7H2,1-2H3. The van der Waals surface area contributed by atoms with Gasteiger partial charge in [0.1, 0.15) is 16.1 Å². The largest absolute Gasteiger partial charge is 0.508 e. The Morgan fingerprint density at radius 2 is 2.32 bits per heavy atom. The molecule has 4 nitrogen and oxygen atoms in total. The molecule has 1 aliphatic heterocycles. The maximum Gasteiger partial charge on any atom is 0.121 e. The molecule has 2 atom stereocenters. The van der Waals surface area contributed by atoms with Crippen LogP contribution in [0.15, 0.2) is 18.2 Å². The van der Waals surface area contributed by atoms with Crippen molar-refractivity contribution in [1.82, 2.24) is 15.2 Å². The molecule has 6 heteroatoms. The molecular weight excluding hydrogens is 278 g/mol. The van der Waals surface area contributed by atoms with Gasteiger partial charge in [0.2, 0.25) is 0 Å². The number of nitrogens with one attached hydrogen (secondary N) is 1. The van der Waals surface area contributed by atoms with E-state index < -0.39 is 0 Å². The van der Waals surface area contributed by atoms with Crippen LogP contribution in [0.4, 0.5) is 0 Å². The smallest absolute Gasteiger partial charge is 0.121 e. The molecule has 1 fully saturated rings. The fraction of sp³-hybridized carbons (Fsp3) is 0.462. The molecule has 0 radical (unpaired) electrons. The number of aromatic nitrogens is 1. The van der Waals surface area contributed by atoms with E-state index in [-0.39, 0.29) is 5.37 Å². The maximum absolute atomic E-state index is 9.50. The number of benzene rings is 1. The normalized spacial score (nSPS) is 23.5. The first kappa shape index (κ1) is 13.2. The lowest BCUT2D eigenvalue weighted by Crippen LogP contribution is -2.35. The van der Waals surface area contributed by atoms with Crippen LogP contribution in [0.1, 0.15) is 10.4 Å². The average Bonchev–Trinajstić information content (AvgIpc) is 2.93. The van der Waals surface area contributed by atoms with Gasteiger partial charge in [0.05, 0.1) is 10.2 Å². The number of hydrogen-bond acceptors (Lipinski definition) is 6. The first-order valence-electron chi connectivity index (χ1n) is 6.23. The number of hydrogen-bond donors (Lipinski definition) is 2. The molecule has 2 heterocycles. The second kappa shape index (κ2) is 5.28. The predicted octanol–water partition coefficient (Wildman–Crippen LogP) is 2.27. The summed E-state index contributed by atoms with van der Waals surface area (Å²) in [6.07, 6.45) is 0. The Bertz CT molecular complexity index is 584. The molecule has 1 aromatic carbocycles. The van der Waals surface area contributed by atoms with Gasteiger partial charge in [-0.1, -0.05) is 0 Å². The zero-order chi connectivity index (χ0) is 13.4. The summed E-state index contributed by atoms with van der Waals surface area (Å²) >= 11 is 3.57. The highest BCUT2D eigenvalue weighted by molar-refractivity contribution is 7.99. The maximum atomic E-state index is 9.50. The molecule has 0 saturated carbocycles. The van der Waals surface area contributed by atoms with Crippen LogP contribution in [0.25, 0.3) is 10.2 Å². The Morgan fingerprint density at radius 1 is 1.47 bits per heavy atom. The van der Waals surface area contributed by atoms with Gasteiger partial charge < -0.3 is 10.0 Å². The Labute approximate surface area is 120 Å². The van der Waals surface area contributed by atoms with E-state index in [0.717, 1.165) is 27.5 Å². The van der Waals surface area contributed by atoms with E-state index in [1.165, 1.54) is 0 Å². The average molecular weight is 295 g/mol. The van der Waals surface area contributed by atoms with Crippen LogP contribution in [0, 0.1) is 0 Å². The molecule has 0 aliphatic carbocycles. The van der Waals surface area contributed by atoms with Crippen molar-refractivity contribution >= 4 is 33.3 Å². The lowest BCUT2D eigenvalue weighted by Gasteiger charge is -2.16. The number of phenols is 1. The molecule has 0 spiro atoms. The molecule has 2 aromatic rings. The van der Waals surface area contributed by atoms with Crippen LogP contribution in [0.2, 0.25) is 0 Å². The Morgan fingerprint density at radius 3 is 3.11 bits per heavy atom. The SMILES string of the molecule is CN(C)CC1CSC(c2nc3ccc(O)cc3s2)N1. The van der Waals surface area contributed by atoms with Crippen LogP contribution in [-0.4, -0.2) is 47.4 Å². The Balaban J connectivity index is 1.78. The summed E-state index contributed by atoms with van der Waals surface area (Å²) in [5, 5.41) is 14.5. The van der Waals surface area contributed by atoms with E-state index in [0.29, 0.717) is 11.8 Å². The van der Waals surface area contributed by atoms with Crippen molar-refractivity contribution in [2.75, 3.05) is 26.4 Å². The molecule has 1 aliphatic rings. The number of likely N-dealkylation sites (N-methyl/N-ethyl adjacent to an activating group) is 1. The number of phenolic OH excluding ortho intramolecular Hbond substituents is 1. The molecule has 1 saturated heterocycles. The summed E-state index contributed by atoms with van der Waals surface area (Å²) in [7, 11) is 4.19. The van der Waals surface area contributed by atoms with Crippen LogP contribution in [0.3, 0.4) is 0 Å². The van der Waals surface area contributed by atoms with Crippen LogP contribution in [0.5, 0.6) is 5.75 Å². The van der Waals surface area contributed by atoms with E-state index in [4.69, 9.17) is 0 Å². The summed E-state index contributed by atoms with van der Waals surface area (Å²) in [6.45, 7) is 1.05. The van der Waals surface area contributed by atoms with Gasteiger partial charge in [-0.15, -0.1) is 23.1 Å². The van der Waals surface area contributed by atoms with Crippen molar-refractivity contribution in [1.29, 1.82) is 0 Å². The number of nitrogens with zero attached hydrogens (tertiary/aromatic N) is 2. The van der Waals surface area contributed by atoms with Gasteiger partial charge in [0.15, 0.2) is 0 Å². The summed E-state index contributed by atoms with van der Waals surface area (Å²) in [5.41, 5.74) is 0.969. The summed E-state index contributed by atoms with van der Waals surface area (Å²) in [4.78, 5) is 6.87. The van der Waals surface area contributed by atoms with E-state index in [1.54, 1.807) is 23.5 Å². The van der Waals surface area contributed by atoms with Crippen LogP contribution < -0.4 is 5.32 Å². The molecule has 19 heavy (non-hydrogen) atoms. The lowest BCUT2D eigenvalue weighted by atomic mass is 10.3. The third kappa shape index (κ3) is 2.86. The minimum atomic E-state index is 0.282. The second-order valence-electron chi connectivity index (χ2n) is 5.04. The first-order valence-corrected chi connectivity index (χ1v) is 8.10. The van der Waals surface area contributed by atoms with Gasteiger partial charge in [-0.05, 0) is 32.3 Å². The van der Waals surface area contributed by atoms with E-state index >= 15 is 0 Å². The summed E-state index contributed by atoms with van der Waals surface area (Å²) in [5.74, 6) is 1.42. The molecule has 2 N–H and O–H groups in total. The Hall–Kier alpha value is -0.820. The third-order valence-electron chi connectivity index (χ3n) is 3.05. The monoisotopic (exact) mass is 295 g/mol. The van der Waals surface area contributed by atoms with E-state index in [9.17, 15) is 5.11 Å². The van der Waals surface area contributed by atoms with Crippen LogP contribution in [-0.2, 0) is 0 Å². The molecule has 0 bridgehead atoms. The molecule has 1 aromatic heterocycles. The first-order chi connectivity index (χ1) is 9.11. The summed E-state index contributed by atoms with van der Waals surface area (Å²) < 4.78 is 1.05. The number of thioether (sulfide) groups is 1. The number of rotatable bonds is 3. The van der Waals surface area contributed by atoms with Gasteiger partial charge in [0.25, 0.3) is 0 Å². The molecular formula is C13H17N3OS2. The van der Waals surface area contributed by atoms with Crippen molar-refractivity contribution in [3.05, 3.63) is 23.2 Å². The highest BCUT2D eigenvalue weighted by atomic mass is 32.2. The lowest BCUT2D eigenvalue weighted by molar-refractivity contribution is 0.358. The molecule has 3 rings (SSSR count). The van der Waals surface area contributed by atoms with Gasteiger partial charge in [-0.2, -0.15) is 0 Å². The molecule has 0 amide bonds. The minimum Gasteiger partial charge on any atom is -0.508 e. The van der Waals surface area contributed by atoms with Gasteiger partial charge in [0, 0.05) is 18.3 Å². The van der Waals surface area contributed by atoms with Gasteiger partial charge in [-0.3, -0.25) is 5.32 Å². The van der Waals surface area contributed by atoms with Crippen molar-refractivity contribution in [2.24, 2.45) is 0 Å². The third-order valence-corrected chi connectivity index (χ3v) is 5.57. The molecule has 2 unspecified atom stereocenters. The second-order valence-corrected chi connectivity index (χ2v) is 7.24. The van der Waals surface area contributed by atoms with E-state index in [2.05, 4.69) is 29.3 Å². The highest BCUT2D eigenvalue weighted by Crippen LogP contribution is 2.37. The highest BCUT2D eigenvalue weighted by Gasteiger charge is 2.28. The summed E-state index contributed by atoms with van der Waals surface area (Å²) in [6, 6.07) is 5.87. The topological polar surface area (TPSA) is 48.4 Å². The molecule has 102 valence electrons. The van der Waals surface area contributed by atoms with Gasteiger partial charge in [-0.25, -0.2) is 4.98 Å². The fourth-order valence-electron chi connectivity index (χ4n) is 2.25. The van der Waals surface area contributed by atoms with Crippen molar-refractivity contribution in [3.63, 3.8) is 0 Å². The fourth-order valence-corrected chi connectivity index (χ4v) is 4.66. The van der Waals surface area contributed by atoms with Crippen LogP contribution >= 0.6 is 23.1 Å². The van der Waals surface area contributed by atoms with Gasteiger partial charge >= 0.3 is 0 Å². The zero-order valence-electron chi connectivity index (χ0n) is 11.0. The quantitative estimate of drug-likeness (QED) is 0.909. The van der Waals surface area contributed by atoms with Crippen molar-refractivity contribution in [2.45, 2.75) is 11.4 Å². The number of aromatic hydroxyl groups is 1. The zero-order valence-corrected chi connectivity index (χ0v) is 12.6. The Kier molecular flexibility index (Phi) is 3.66. The number of fused-ring (bicyclic) bond motifs is 1. The van der Waals surface area contributed by atoms with E-state index in [1.807, 2.05) is 17.8 Å². The number of thiazole rings is 1. The predicted molar refractivity (Wildman–Crippen MR) is 82.0 cm³/mol. The van der Waals surface area contributed by atoms with Crippen molar-refractivity contribution < 1.29 is 5.11 Å². The van der Waals surface area contributed by atoms with Crippen molar-refractivity contribution in [3.8, 4) is 5.75 Å².